The summed E-state index contributed by atoms with van der Waals surface area (Å²) in [6.07, 6.45) is 9.04. The summed E-state index contributed by atoms with van der Waals surface area (Å²) in [6.45, 7) is 3.57. The minimum absolute atomic E-state index is 0.0368. The fourth-order valence-corrected chi connectivity index (χ4v) is 3.15. The van der Waals surface area contributed by atoms with E-state index in [9.17, 15) is 4.79 Å². The maximum atomic E-state index is 12.2. The molecule has 118 valence electrons. The summed E-state index contributed by atoms with van der Waals surface area (Å²) in [4.78, 5) is 14.2. The number of nitrogens with two attached hydrogens (primary N) is 1. The molecule has 0 saturated heterocycles. The van der Waals surface area contributed by atoms with E-state index in [2.05, 4.69) is 16.9 Å². The number of aromatic nitrogens is 2. The topological polar surface area (TPSA) is 64.2 Å². The SMILES string of the molecule is CCCN(C)c1cnn(CC(N)C2CCCCC2)c(=O)c1. The van der Waals surface area contributed by atoms with Gasteiger partial charge in [-0.05, 0) is 25.2 Å². The van der Waals surface area contributed by atoms with Crippen LogP contribution in [-0.4, -0.2) is 29.4 Å². The van der Waals surface area contributed by atoms with Crippen molar-refractivity contribution in [2.75, 3.05) is 18.5 Å². The molecule has 5 heteroatoms. The van der Waals surface area contributed by atoms with Crippen molar-refractivity contribution in [3.05, 3.63) is 22.6 Å². The van der Waals surface area contributed by atoms with Gasteiger partial charge in [0.25, 0.3) is 5.56 Å². The molecule has 0 spiro atoms. The summed E-state index contributed by atoms with van der Waals surface area (Å²) in [7, 11) is 1.98. The molecule has 1 heterocycles. The van der Waals surface area contributed by atoms with E-state index >= 15 is 0 Å². The highest BCUT2D eigenvalue weighted by Crippen LogP contribution is 2.26. The van der Waals surface area contributed by atoms with Crippen LogP contribution >= 0.6 is 0 Å². The number of hydrogen-bond donors (Lipinski definition) is 1. The monoisotopic (exact) mass is 292 g/mol. The van der Waals surface area contributed by atoms with Crippen molar-refractivity contribution < 1.29 is 0 Å². The molecule has 1 fully saturated rings. The Morgan fingerprint density at radius 1 is 1.43 bits per heavy atom. The summed E-state index contributed by atoms with van der Waals surface area (Å²) >= 11 is 0. The predicted octanol–water partition coefficient (Wildman–Crippen LogP) is 2.00. The molecular weight excluding hydrogens is 264 g/mol. The third-order valence-corrected chi connectivity index (χ3v) is 4.49. The first-order chi connectivity index (χ1) is 10.1. The first-order valence-corrected chi connectivity index (χ1v) is 8.15. The van der Waals surface area contributed by atoms with E-state index in [4.69, 9.17) is 5.73 Å². The Bertz CT molecular complexity index is 493. The van der Waals surface area contributed by atoms with Crippen molar-refractivity contribution in [2.45, 2.75) is 58.0 Å². The highest BCUT2D eigenvalue weighted by Gasteiger charge is 2.21. The molecule has 1 aliphatic carbocycles. The summed E-state index contributed by atoms with van der Waals surface area (Å²) in [5, 5.41) is 4.30. The minimum atomic E-state index is -0.0540. The van der Waals surface area contributed by atoms with Crippen molar-refractivity contribution in [3.63, 3.8) is 0 Å². The zero-order valence-electron chi connectivity index (χ0n) is 13.3. The molecule has 0 aliphatic heterocycles. The Morgan fingerprint density at radius 3 is 2.76 bits per heavy atom. The molecule has 1 aliphatic rings. The van der Waals surface area contributed by atoms with Crippen LogP contribution in [0.25, 0.3) is 0 Å². The number of hydrogen-bond acceptors (Lipinski definition) is 4. The molecule has 1 aromatic rings. The summed E-state index contributed by atoms with van der Waals surface area (Å²) in [5.41, 5.74) is 7.11. The number of nitrogens with zero attached hydrogens (tertiary/aromatic N) is 3. The van der Waals surface area contributed by atoms with Gasteiger partial charge in [0, 0.05) is 25.7 Å². The summed E-state index contributed by atoms with van der Waals surface area (Å²) < 4.78 is 1.52. The van der Waals surface area contributed by atoms with Crippen LogP contribution in [0.15, 0.2) is 17.1 Å². The third kappa shape index (κ3) is 4.30. The number of rotatable bonds is 6. The summed E-state index contributed by atoms with van der Waals surface area (Å²) in [6, 6.07) is 1.70. The van der Waals surface area contributed by atoms with Crippen molar-refractivity contribution in [1.82, 2.24) is 9.78 Å². The molecule has 0 radical (unpaired) electrons. The Kier molecular flexibility index (Phi) is 5.79. The zero-order valence-corrected chi connectivity index (χ0v) is 13.3. The van der Waals surface area contributed by atoms with Crippen LogP contribution in [0.3, 0.4) is 0 Å². The highest BCUT2D eigenvalue weighted by molar-refractivity contribution is 5.41. The standard InChI is InChI=1S/C16H28N4O/c1-3-9-19(2)14-10-16(21)20(18-11-14)12-15(17)13-7-5-4-6-8-13/h10-11,13,15H,3-9,12,17H2,1-2H3. The average Bonchev–Trinajstić information content (AvgIpc) is 2.50. The van der Waals surface area contributed by atoms with Crippen LogP contribution < -0.4 is 16.2 Å². The van der Waals surface area contributed by atoms with E-state index in [1.807, 2.05) is 7.05 Å². The van der Waals surface area contributed by atoms with Crippen LogP contribution in [0, 0.1) is 5.92 Å². The normalized spacial score (nSPS) is 17.7. The van der Waals surface area contributed by atoms with Crippen LogP contribution in [0.2, 0.25) is 0 Å². The second-order valence-electron chi connectivity index (χ2n) is 6.22. The maximum absolute atomic E-state index is 12.2. The van der Waals surface area contributed by atoms with Gasteiger partial charge in [-0.25, -0.2) is 4.68 Å². The van der Waals surface area contributed by atoms with Gasteiger partial charge in [0.15, 0.2) is 0 Å². The number of anilines is 1. The lowest BCUT2D eigenvalue weighted by atomic mass is 9.84. The van der Waals surface area contributed by atoms with Gasteiger partial charge in [0.1, 0.15) is 0 Å². The van der Waals surface area contributed by atoms with Crippen LogP contribution in [-0.2, 0) is 6.54 Å². The van der Waals surface area contributed by atoms with E-state index < -0.39 is 0 Å². The first-order valence-electron chi connectivity index (χ1n) is 8.15. The maximum Gasteiger partial charge on any atom is 0.268 e. The molecule has 21 heavy (non-hydrogen) atoms. The molecule has 0 bridgehead atoms. The fraction of sp³-hybridized carbons (Fsp3) is 0.750. The summed E-state index contributed by atoms with van der Waals surface area (Å²) in [5.74, 6) is 0.537. The van der Waals surface area contributed by atoms with Gasteiger partial charge in [-0.1, -0.05) is 26.2 Å². The molecule has 0 amide bonds. The Morgan fingerprint density at radius 2 is 2.14 bits per heavy atom. The van der Waals surface area contributed by atoms with E-state index in [1.165, 1.54) is 36.8 Å². The molecule has 1 atom stereocenters. The highest BCUT2D eigenvalue weighted by atomic mass is 16.1. The quantitative estimate of drug-likeness (QED) is 0.871. The van der Waals surface area contributed by atoms with E-state index in [0.717, 1.165) is 18.7 Å². The van der Waals surface area contributed by atoms with Gasteiger partial charge in [-0.15, -0.1) is 0 Å². The van der Waals surface area contributed by atoms with Crippen LogP contribution in [0.4, 0.5) is 5.69 Å². The zero-order chi connectivity index (χ0) is 15.2. The molecular formula is C16H28N4O. The van der Waals surface area contributed by atoms with E-state index in [0.29, 0.717) is 12.5 Å². The van der Waals surface area contributed by atoms with Crippen LogP contribution in [0.1, 0.15) is 45.4 Å². The van der Waals surface area contributed by atoms with E-state index in [-0.39, 0.29) is 11.6 Å². The fourth-order valence-electron chi connectivity index (χ4n) is 3.15. The first kappa shape index (κ1) is 16.0. The second-order valence-corrected chi connectivity index (χ2v) is 6.22. The van der Waals surface area contributed by atoms with Crippen molar-refractivity contribution in [1.29, 1.82) is 0 Å². The van der Waals surface area contributed by atoms with Crippen molar-refractivity contribution in [3.8, 4) is 0 Å². The van der Waals surface area contributed by atoms with Gasteiger partial charge in [0.05, 0.1) is 18.4 Å². The predicted molar refractivity (Wildman–Crippen MR) is 86.6 cm³/mol. The molecule has 1 unspecified atom stereocenters. The minimum Gasteiger partial charge on any atom is -0.373 e. The third-order valence-electron chi connectivity index (χ3n) is 4.49. The molecule has 5 nitrogen and oxygen atoms in total. The lowest BCUT2D eigenvalue weighted by molar-refractivity contribution is 0.277. The van der Waals surface area contributed by atoms with Gasteiger partial charge < -0.3 is 10.6 Å². The van der Waals surface area contributed by atoms with Gasteiger partial charge in [0.2, 0.25) is 0 Å². The lowest BCUT2D eigenvalue weighted by Gasteiger charge is -2.27. The Balaban J connectivity index is 2.01. The average molecular weight is 292 g/mol. The molecule has 2 rings (SSSR count). The Labute approximate surface area is 127 Å². The van der Waals surface area contributed by atoms with Crippen LogP contribution in [0.5, 0.6) is 0 Å². The molecule has 1 aromatic heterocycles. The van der Waals surface area contributed by atoms with E-state index in [1.54, 1.807) is 12.3 Å². The smallest absolute Gasteiger partial charge is 0.268 e. The lowest BCUT2D eigenvalue weighted by Crippen LogP contribution is -2.39. The molecule has 1 saturated carbocycles. The second kappa shape index (κ2) is 7.59. The van der Waals surface area contributed by atoms with Gasteiger partial charge in [-0.3, -0.25) is 4.79 Å². The Hall–Kier alpha value is -1.36. The van der Waals surface area contributed by atoms with Crippen molar-refractivity contribution in [2.24, 2.45) is 11.7 Å². The van der Waals surface area contributed by atoms with Crippen molar-refractivity contribution >= 4 is 5.69 Å². The van der Waals surface area contributed by atoms with Gasteiger partial charge in [-0.2, -0.15) is 5.10 Å². The molecule has 0 aromatic carbocycles. The largest absolute Gasteiger partial charge is 0.373 e. The van der Waals surface area contributed by atoms with Gasteiger partial charge >= 0.3 is 0 Å². The molecule has 2 N–H and O–H groups in total.